The molecule has 1 aromatic rings. The van der Waals surface area contributed by atoms with Crippen LogP contribution in [0.2, 0.25) is 0 Å². The molecule has 1 aliphatic rings. The van der Waals surface area contributed by atoms with E-state index in [1.807, 2.05) is 0 Å². The number of amides is 1. The highest BCUT2D eigenvalue weighted by molar-refractivity contribution is 7.90. The Bertz CT molecular complexity index is 855. The van der Waals surface area contributed by atoms with E-state index in [0.717, 1.165) is 57.9 Å². The van der Waals surface area contributed by atoms with E-state index in [9.17, 15) is 13.2 Å². The molecular formula is C24H40N4O3S. The van der Waals surface area contributed by atoms with Crippen LogP contribution in [-0.4, -0.2) is 50.7 Å². The summed E-state index contributed by atoms with van der Waals surface area (Å²) in [6, 6.07) is 6.75. The lowest BCUT2D eigenvalue weighted by atomic mass is 10.1. The van der Waals surface area contributed by atoms with Crippen molar-refractivity contribution in [2.45, 2.75) is 89.5 Å². The van der Waals surface area contributed by atoms with E-state index in [1.54, 1.807) is 12.1 Å². The number of hydrogen-bond donors (Lipinski definition) is 2. The van der Waals surface area contributed by atoms with Crippen LogP contribution in [0.5, 0.6) is 0 Å². The van der Waals surface area contributed by atoms with Crippen LogP contribution in [0.15, 0.2) is 34.2 Å². The molecular weight excluding hydrogens is 424 g/mol. The molecule has 32 heavy (non-hydrogen) atoms. The first kappa shape index (κ1) is 26.3. The first-order chi connectivity index (χ1) is 15.4. The fourth-order valence-electron chi connectivity index (χ4n) is 3.92. The summed E-state index contributed by atoms with van der Waals surface area (Å²) in [6.07, 6.45) is 9.10. The maximum Gasteiger partial charge on any atom is 0.262 e. The Kier molecular flexibility index (Phi) is 11.2. The zero-order valence-corrected chi connectivity index (χ0v) is 20.7. The number of nitrogens with zero attached hydrogens (tertiary/aromatic N) is 2. The third-order valence-electron chi connectivity index (χ3n) is 5.78. The number of anilines is 1. The van der Waals surface area contributed by atoms with Gasteiger partial charge in [-0.3, -0.25) is 19.4 Å². The van der Waals surface area contributed by atoms with Crippen molar-refractivity contribution in [1.82, 2.24) is 9.62 Å². The summed E-state index contributed by atoms with van der Waals surface area (Å²) < 4.78 is 28.3. The fourth-order valence-corrected chi connectivity index (χ4v) is 5.05. The Morgan fingerprint density at radius 1 is 1.16 bits per heavy atom. The molecule has 180 valence electrons. The molecule has 1 amide bonds. The zero-order valence-electron chi connectivity index (χ0n) is 19.9. The van der Waals surface area contributed by atoms with E-state index >= 15 is 0 Å². The van der Waals surface area contributed by atoms with E-state index in [1.165, 1.54) is 12.1 Å². The Labute approximate surface area is 194 Å². The van der Waals surface area contributed by atoms with Gasteiger partial charge < -0.3 is 5.32 Å². The predicted molar refractivity (Wildman–Crippen MR) is 132 cm³/mol. The lowest BCUT2D eigenvalue weighted by Crippen LogP contribution is -2.40. The van der Waals surface area contributed by atoms with Gasteiger partial charge in [0.15, 0.2) is 0 Å². The molecule has 0 unspecified atom stereocenters. The molecule has 0 spiro atoms. The molecule has 0 saturated carbocycles. The van der Waals surface area contributed by atoms with Gasteiger partial charge in [0, 0.05) is 24.7 Å². The van der Waals surface area contributed by atoms with E-state index in [0.29, 0.717) is 37.1 Å². The molecule has 8 heteroatoms. The van der Waals surface area contributed by atoms with Crippen LogP contribution in [0.25, 0.3) is 0 Å². The van der Waals surface area contributed by atoms with E-state index in [4.69, 9.17) is 0 Å². The second kappa shape index (κ2) is 13.6. The van der Waals surface area contributed by atoms with Gasteiger partial charge in [-0.2, -0.15) is 0 Å². The normalized spacial score (nSPS) is 15.7. The number of carbonyl (C=O) groups is 1. The SMILES string of the molecule is CCCCCN(CC(=O)Nc1cccc(S(=O)(=O)NC2=NCCCCC2)c1)[C@@H](C)CCC. The van der Waals surface area contributed by atoms with Crippen LogP contribution in [-0.2, 0) is 14.8 Å². The van der Waals surface area contributed by atoms with E-state index in [2.05, 4.69) is 40.7 Å². The van der Waals surface area contributed by atoms with Crippen molar-refractivity contribution in [1.29, 1.82) is 0 Å². The maximum absolute atomic E-state index is 12.8. The third-order valence-corrected chi connectivity index (χ3v) is 7.16. The molecule has 7 nitrogen and oxygen atoms in total. The van der Waals surface area contributed by atoms with Crippen LogP contribution in [0, 0.1) is 0 Å². The average Bonchev–Trinajstić information content (AvgIpc) is 3.01. The fraction of sp³-hybridized carbons (Fsp3) is 0.667. The van der Waals surface area contributed by atoms with Crippen LogP contribution in [0.3, 0.4) is 0 Å². The molecule has 0 aliphatic carbocycles. The summed E-state index contributed by atoms with van der Waals surface area (Å²) in [5, 5.41) is 2.88. The largest absolute Gasteiger partial charge is 0.325 e. The van der Waals surface area contributed by atoms with Crippen molar-refractivity contribution in [3.63, 3.8) is 0 Å². The molecule has 0 fully saturated rings. The molecule has 1 heterocycles. The third kappa shape index (κ3) is 8.90. The molecule has 0 saturated heterocycles. The average molecular weight is 465 g/mol. The minimum Gasteiger partial charge on any atom is -0.325 e. The summed E-state index contributed by atoms with van der Waals surface area (Å²) in [7, 11) is -3.74. The highest BCUT2D eigenvalue weighted by Crippen LogP contribution is 2.17. The molecule has 1 aliphatic heterocycles. The van der Waals surface area contributed by atoms with Crippen LogP contribution >= 0.6 is 0 Å². The molecule has 0 bridgehead atoms. The summed E-state index contributed by atoms with van der Waals surface area (Å²) in [5.41, 5.74) is 0.484. The lowest BCUT2D eigenvalue weighted by molar-refractivity contribution is -0.117. The lowest BCUT2D eigenvalue weighted by Gasteiger charge is -2.28. The number of amidine groups is 1. The summed E-state index contributed by atoms with van der Waals surface area (Å²) in [4.78, 5) is 19.4. The minimum atomic E-state index is -3.74. The molecule has 0 radical (unpaired) electrons. The molecule has 1 aromatic carbocycles. The van der Waals surface area contributed by atoms with Crippen molar-refractivity contribution >= 4 is 27.5 Å². The summed E-state index contributed by atoms with van der Waals surface area (Å²) in [5.74, 6) is 0.393. The highest BCUT2D eigenvalue weighted by Gasteiger charge is 2.19. The molecule has 2 N–H and O–H groups in total. The van der Waals surface area contributed by atoms with Gasteiger partial charge in [-0.15, -0.1) is 0 Å². The van der Waals surface area contributed by atoms with Crippen LogP contribution in [0.1, 0.15) is 78.6 Å². The van der Waals surface area contributed by atoms with Crippen LogP contribution < -0.4 is 10.0 Å². The quantitative estimate of drug-likeness (QED) is 0.444. The number of carbonyl (C=O) groups excluding carboxylic acids is 1. The predicted octanol–water partition coefficient (Wildman–Crippen LogP) is 4.56. The summed E-state index contributed by atoms with van der Waals surface area (Å²) >= 11 is 0. The second-order valence-corrected chi connectivity index (χ2v) is 10.3. The highest BCUT2D eigenvalue weighted by atomic mass is 32.2. The van der Waals surface area contributed by atoms with Gasteiger partial charge in [0.1, 0.15) is 5.84 Å². The molecule has 2 rings (SSSR count). The summed E-state index contributed by atoms with van der Waals surface area (Å²) in [6.45, 7) is 8.34. The zero-order chi connectivity index (χ0) is 23.4. The van der Waals surface area contributed by atoms with Gasteiger partial charge in [0.05, 0.1) is 11.4 Å². The number of unbranched alkanes of at least 4 members (excludes halogenated alkanes) is 2. The standard InChI is InChI=1S/C24H40N4O3S/c1-4-6-10-17-28(20(3)12-5-2)19-24(29)26-21-13-11-14-22(18-21)32(30,31)27-23-15-8-7-9-16-25-23/h11,13-14,18,20H,4-10,12,15-17,19H2,1-3H3,(H,25,27)(H,26,29)/t20-/m0/s1. The van der Waals surface area contributed by atoms with Crippen molar-refractivity contribution in [2.75, 3.05) is 25.0 Å². The number of nitrogens with one attached hydrogen (secondary N) is 2. The van der Waals surface area contributed by atoms with Crippen molar-refractivity contribution < 1.29 is 13.2 Å². The minimum absolute atomic E-state index is 0.125. The monoisotopic (exact) mass is 464 g/mol. The molecule has 0 aromatic heterocycles. The molecule has 1 atom stereocenters. The van der Waals surface area contributed by atoms with Gasteiger partial charge in [-0.05, 0) is 57.4 Å². The van der Waals surface area contributed by atoms with Gasteiger partial charge in [-0.1, -0.05) is 45.6 Å². The smallest absolute Gasteiger partial charge is 0.262 e. The second-order valence-electron chi connectivity index (χ2n) is 8.64. The Morgan fingerprint density at radius 2 is 1.97 bits per heavy atom. The number of sulfonamides is 1. The van der Waals surface area contributed by atoms with Crippen molar-refractivity contribution in [3.05, 3.63) is 24.3 Å². The number of aliphatic imine (C=N–C) groups is 1. The van der Waals surface area contributed by atoms with Gasteiger partial charge in [0.25, 0.3) is 10.0 Å². The van der Waals surface area contributed by atoms with E-state index in [-0.39, 0.29) is 10.8 Å². The Hall–Kier alpha value is -1.93. The topological polar surface area (TPSA) is 90.9 Å². The number of rotatable bonds is 12. The maximum atomic E-state index is 12.8. The van der Waals surface area contributed by atoms with E-state index < -0.39 is 10.0 Å². The van der Waals surface area contributed by atoms with Crippen molar-refractivity contribution in [3.8, 4) is 0 Å². The first-order valence-corrected chi connectivity index (χ1v) is 13.5. The van der Waals surface area contributed by atoms with Gasteiger partial charge >= 0.3 is 0 Å². The van der Waals surface area contributed by atoms with Crippen LogP contribution in [0.4, 0.5) is 5.69 Å². The Balaban J connectivity index is 2.03. The first-order valence-electron chi connectivity index (χ1n) is 12.1. The van der Waals surface area contributed by atoms with Crippen molar-refractivity contribution in [2.24, 2.45) is 4.99 Å². The number of benzene rings is 1. The van der Waals surface area contributed by atoms with Gasteiger partial charge in [-0.25, -0.2) is 8.42 Å². The van der Waals surface area contributed by atoms with Gasteiger partial charge in [0.2, 0.25) is 5.91 Å². The Morgan fingerprint density at radius 3 is 2.72 bits per heavy atom. The number of hydrogen-bond acceptors (Lipinski definition) is 5.